The van der Waals surface area contributed by atoms with Gasteiger partial charge >= 0.3 is 5.97 Å². The summed E-state index contributed by atoms with van der Waals surface area (Å²) in [5.41, 5.74) is 2.90. The SMILES string of the molecule is O=C1CC(c2ccnc3ccccc23)c2c(cc(O)c3c(=O)c(-c4ccc(Cl)cc4)coc23)O1. The number of aromatic hydroxyl groups is 1. The maximum atomic E-state index is 13.5. The van der Waals surface area contributed by atoms with Crippen molar-refractivity contribution >= 4 is 39.4 Å². The Balaban J connectivity index is 1.64. The Kier molecular flexibility index (Phi) is 4.64. The van der Waals surface area contributed by atoms with Crippen LogP contribution >= 0.6 is 11.6 Å². The summed E-state index contributed by atoms with van der Waals surface area (Å²) in [4.78, 5) is 30.4. The number of hydrogen-bond acceptors (Lipinski definition) is 6. The van der Waals surface area contributed by atoms with Crippen LogP contribution in [0.4, 0.5) is 0 Å². The first-order valence-electron chi connectivity index (χ1n) is 10.6. The summed E-state index contributed by atoms with van der Waals surface area (Å²) >= 11 is 5.98. The van der Waals surface area contributed by atoms with Gasteiger partial charge in [0, 0.05) is 34.2 Å². The molecule has 1 aliphatic heterocycles. The quantitative estimate of drug-likeness (QED) is 0.259. The van der Waals surface area contributed by atoms with Crippen molar-refractivity contribution in [2.75, 3.05) is 0 Å². The molecular formula is C27H16ClNO5. The largest absolute Gasteiger partial charge is 0.507 e. The molecule has 0 spiro atoms. The van der Waals surface area contributed by atoms with Gasteiger partial charge in [-0.1, -0.05) is 41.9 Å². The van der Waals surface area contributed by atoms with E-state index in [0.29, 0.717) is 16.1 Å². The second kappa shape index (κ2) is 7.71. The summed E-state index contributed by atoms with van der Waals surface area (Å²) < 4.78 is 11.4. The number of rotatable bonds is 2. The number of fused-ring (bicyclic) bond motifs is 4. The highest BCUT2D eigenvalue weighted by Gasteiger charge is 2.34. The summed E-state index contributed by atoms with van der Waals surface area (Å²) in [6.07, 6.45) is 3.12. The molecule has 6 nitrogen and oxygen atoms in total. The average molecular weight is 470 g/mol. The molecule has 0 bridgehead atoms. The molecular weight excluding hydrogens is 454 g/mol. The molecule has 0 saturated carbocycles. The van der Waals surface area contributed by atoms with Gasteiger partial charge < -0.3 is 14.3 Å². The van der Waals surface area contributed by atoms with E-state index in [1.165, 1.54) is 12.3 Å². The molecule has 5 aromatic rings. The Labute approximate surface area is 198 Å². The van der Waals surface area contributed by atoms with E-state index in [9.17, 15) is 14.7 Å². The Hall–Kier alpha value is -4.16. The molecule has 1 N–H and O–H groups in total. The van der Waals surface area contributed by atoms with E-state index in [-0.39, 0.29) is 39.9 Å². The first-order valence-corrected chi connectivity index (χ1v) is 11.0. The molecule has 6 rings (SSSR count). The fraction of sp³-hybridized carbons (Fsp3) is 0.0741. The maximum Gasteiger partial charge on any atom is 0.312 e. The minimum absolute atomic E-state index is 0.0347. The number of esters is 1. The Morgan fingerprint density at radius 1 is 1.03 bits per heavy atom. The van der Waals surface area contributed by atoms with Crippen molar-refractivity contribution in [2.45, 2.75) is 12.3 Å². The van der Waals surface area contributed by atoms with Crippen LogP contribution in [0.15, 0.2) is 82.3 Å². The molecule has 1 unspecified atom stereocenters. The third kappa shape index (κ3) is 3.15. The van der Waals surface area contributed by atoms with Crippen molar-refractivity contribution in [2.24, 2.45) is 0 Å². The highest BCUT2D eigenvalue weighted by Crippen LogP contribution is 2.46. The normalized spacial score (nSPS) is 15.3. The van der Waals surface area contributed by atoms with Gasteiger partial charge in [0.15, 0.2) is 0 Å². The molecule has 3 aromatic carbocycles. The van der Waals surface area contributed by atoms with Crippen molar-refractivity contribution in [1.29, 1.82) is 0 Å². The van der Waals surface area contributed by atoms with Gasteiger partial charge in [0.1, 0.15) is 28.7 Å². The lowest BCUT2D eigenvalue weighted by Crippen LogP contribution is -2.22. The molecule has 0 amide bonds. The summed E-state index contributed by atoms with van der Waals surface area (Å²) in [6, 6.07) is 17.6. The average Bonchev–Trinajstić information content (AvgIpc) is 2.84. The van der Waals surface area contributed by atoms with Crippen LogP contribution in [-0.4, -0.2) is 16.1 Å². The van der Waals surface area contributed by atoms with Gasteiger partial charge in [0.05, 0.1) is 17.5 Å². The second-order valence-corrected chi connectivity index (χ2v) is 8.58. The third-order valence-corrected chi connectivity index (χ3v) is 6.44. The number of carbonyl (C=O) groups is 1. The van der Waals surface area contributed by atoms with Gasteiger partial charge in [-0.25, -0.2) is 0 Å². The van der Waals surface area contributed by atoms with E-state index in [2.05, 4.69) is 4.98 Å². The number of pyridine rings is 1. The van der Waals surface area contributed by atoms with Crippen molar-refractivity contribution in [3.8, 4) is 22.6 Å². The smallest absolute Gasteiger partial charge is 0.312 e. The molecule has 0 saturated heterocycles. The zero-order valence-electron chi connectivity index (χ0n) is 17.6. The topological polar surface area (TPSA) is 89.6 Å². The summed E-state index contributed by atoms with van der Waals surface area (Å²) in [5.74, 6) is -1.02. The van der Waals surface area contributed by atoms with Crippen LogP contribution in [0.2, 0.25) is 5.02 Å². The first kappa shape index (κ1) is 20.4. The van der Waals surface area contributed by atoms with Gasteiger partial charge in [0.2, 0.25) is 5.43 Å². The maximum absolute atomic E-state index is 13.5. The van der Waals surface area contributed by atoms with Crippen LogP contribution in [0.5, 0.6) is 11.5 Å². The van der Waals surface area contributed by atoms with Gasteiger partial charge in [-0.15, -0.1) is 0 Å². The van der Waals surface area contributed by atoms with Gasteiger partial charge in [-0.2, -0.15) is 0 Å². The number of carbonyl (C=O) groups excluding carboxylic acids is 1. The summed E-state index contributed by atoms with van der Waals surface area (Å²) in [6.45, 7) is 0. The second-order valence-electron chi connectivity index (χ2n) is 8.15. The number of hydrogen-bond donors (Lipinski definition) is 1. The zero-order valence-corrected chi connectivity index (χ0v) is 18.4. The van der Waals surface area contributed by atoms with Crippen LogP contribution < -0.4 is 10.2 Å². The number of halogens is 1. The number of phenolic OH excluding ortho intramolecular Hbond substituents is 1. The Bertz CT molecular complexity index is 1670. The number of para-hydroxylation sites is 1. The fourth-order valence-corrected chi connectivity index (χ4v) is 4.77. The van der Waals surface area contributed by atoms with E-state index >= 15 is 0 Å². The van der Waals surface area contributed by atoms with Crippen molar-refractivity contribution in [1.82, 2.24) is 4.98 Å². The lowest BCUT2D eigenvalue weighted by Gasteiger charge is -2.26. The first-order chi connectivity index (χ1) is 16.5. The molecule has 2 aromatic heterocycles. The summed E-state index contributed by atoms with van der Waals surface area (Å²) in [5, 5.41) is 12.2. The number of aromatic nitrogens is 1. The number of phenols is 1. The lowest BCUT2D eigenvalue weighted by atomic mass is 9.83. The van der Waals surface area contributed by atoms with Crippen LogP contribution in [0.3, 0.4) is 0 Å². The van der Waals surface area contributed by atoms with Gasteiger partial charge in [-0.3, -0.25) is 14.6 Å². The molecule has 0 radical (unpaired) electrons. The minimum atomic E-state index is -0.447. The van der Waals surface area contributed by atoms with Crippen molar-refractivity contribution in [3.05, 3.63) is 99.5 Å². The molecule has 3 heterocycles. The van der Waals surface area contributed by atoms with Crippen molar-refractivity contribution < 1.29 is 19.1 Å². The number of ether oxygens (including phenoxy) is 1. The molecule has 7 heteroatoms. The van der Waals surface area contributed by atoms with E-state index < -0.39 is 11.9 Å². The minimum Gasteiger partial charge on any atom is -0.507 e. The third-order valence-electron chi connectivity index (χ3n) is 6.18. The molecule has 166 valence electrons. The molecule has 34 heavy (non-hydrogen) atoms. The molecule has 0 fully saturated rings. The Morgan fingerprint density at radius 3 is 2.65 bits per heavy atom. The highest BCUT2D eigenvalue weighted by molar-refractivity contribution is 6.30. The molecule has 0 aliphatic carbocycles. The molecule has 1 atom stereocenters. The number of benzene rings is 3. The van der Waals surface area contributed by atoms with E-state index in [0.717, 1.165) is 16.5 Å². The number of nitrogens with zero attached hydrogens (tertiary/aromatic N) is 1. The lowest BCUT2D eigenvalue weighted by molar-refractivity contribution is -0.135. The monoisotopic (exact) mass is 469 g/mol. The van der Waals surface area contributed by atoms with Crippen molar-refractivity contribution in [3.63, 3.8) is 0 Å². The van der Waals surface area contributed by atoms with Gasteiger partial charge in [0.25, 0.3) is 0 Å². The predicted octanol–water partition coefficient (Wildman–Crippen LogP) is 5.81. The van der Waals surface area contributed by atoms with Crippen LogP contribution in [0.25, 0.3) is 33.0 Å². The predicted molar refractivity (Wildman–Crippen MR) is 128 cm³/mol. The fourth-order valence-electron chi connectivity index (χ4n) is 4.65. The van der Waals surface area contributed by atoms with Gasteiger partial charge in [-0.05, 0) is 35.4 Å². The van der Waals surface area contributed by atoms with E-state index in [1.54, 1.807) is 30.5 Å². The van der Waals surface area contributed by atoms with Crippen LogP contribution in [-0.2, 0) is 4.79 Å². The standard InChI is InChI=1S/C27H16ClNO5/c28-15-7-5-14(6-8-15)19-13-33-27-24-18(16-9-10-29-20-4-2-1-3-17(16)20)11-23(31)34-22(24)12-21(30)25(27)26(19)32/h1-10,12-13,18,30H,11H2. The zero-order chi connectivity index (χ0) is 23.4. The Morgan fingerprint density at radius 2 is 1.82 bits per heavy atom. The highest BCUT2D eigenvalue weighted by atomic mass is 35.5. The summed E-state index contributed by atoms with van der Waals surface area (Å²) in [7, 11) is 0. The van der Waals surface area contributed by atoms with E-state index in [4.69, 9.17) is 20.8 Å². The van der Waals surface area contributed by atoms with Crippen LogP contribution in [0, 0.1) is 0 Å². The van der Waals surface area contributed by atoms with E-state index in [1.807, 2.05) is 30.3 Å². The van der Waals surface area contributed by atoms with Crippen LogP contribution in [0.1, 0.15) is 23.5 Å². The molecule has 1 aliphatic rings.